The third kappa shape index (κ3) is 3.19. The summed E-state index contributed by atoms with van der Waals surface area (Å²) in [5.41, 5.74) is 8.20. The van der Waals surface area contributed by atoms with Crippen molar-refractivity contribution in [3.63, 3.8) is 0 Å². The number of thiazole rings is 1. The number of aryl methyl sites for hydroxylation is 1. The van der Waals surface area contributed by atoms with Gasteiger partial charge in [0.2, 0.25) is 0 Å². The number of hydrogen-bond donors (Lipinski definition) is 2. The summed E-state index contributed by atoms with van der Waals surface area (Å²) in [5, 5.41) is 6.90. The molecule has 0 aliphatic carbocycles. The van der Waals surface area contributed by atoms with Crippen LogP contribution in [0.25, 0.3) is 0 Å². The van der Waals surface area contributed by atoms with Crippen LogP contribution in [0.15, 0.2) is 23.6 Å². The highest BCUT2D eigenvalue weighted by Gasteiger charge is 2.04. The molecule has 3 nitrogen and oxygen atoms in total. The Balaban J connectivity index is 2.08. The summed E-state index contributed by atoms with van der Waals surface area (Å²) >= 11 is 12.7. The Labute approximate surface area is 120 Å². The van der Waals surface area contributed by atoms with Gasteiger partial charge in [-0.3, -0.25) is 0 Å². The van der Waals surface area contributed by atoms with Gasteiger partial charge in [0.1, 0.15) is 10.00 Å². The molecule has 6 heteroatoms. The third-order valence-electron chi connectivity index (χ3n) is 2.35. The smallest absolute Gasteiger partial charge is 0.112 e. The van der Waals surface area contributed by atoms with E-state index in [1.165, 1.54) is 0 Å². The first-order chi connectivity index (χ1) is 8.56. The van der Waals surface area contributed by atoms with Crippen LogP contribution in [0.2, 0.25) is 5.02 Å². The lowest BCUT2D eigenvalue weighted by atomic mass is 10.2. The van der Waals surface area contributed by atoms with E-state index in [-0.39, 0.29) is 0 Å². The normalized spacial score (nSPS) is 10.3. The molecule has 0 amide bonds. The number of rotatable bonds is 4. The highest BCUT2D eigenvalue weighted by Crippen LogP contribution is 2.24. The van der Waals surface area contributed by atoms with Crippen LogP contribution < -0.4 is 11.1 Å². The number of anilines is 1. The predicted molar refractivity (Wildman–Crippen MR) is 81.5 cm³/mol. The quantitative estimate of drug-likeness (QED) is 0.850. The van der Waals surface area contributed by atoms with Gasteiger partial charge in [0.25, 0.3) is 0 Å². The van der Waals surface area contributed by atoms with Gasteiger partial charge in [0.05, 0.1) is 17.3 Å². The Morgan fingerprint density at radius 1 is 1.56 bits per heavy atom. The van der Waals surface area contributed by atoms with Gasteiger partial charge >= 0.3 is 0 Å². The van der Waals surface area contributed by atoms with Crippen molar-refractivity contribution >= 4 is 45.8 Å². The van der Waals surface area contributed by atoms with Gasteiger partial charge in [0, 0.05) is 16.6 Å². The van der Waals surface area contributed by atoms with Crippen molar-refractivity contribution < 1.29 is 0 Å². The minimum atomic E-state index is 0.346. The Hall–Kier alpha value is -1.17. The fourth-order valence-electron chi connectivity index (χ4n) is 1.47. The van der Waals surface area contributed by atoms with Gasteiger partial charge in [-0.2, -0.15) is 0 Å². The van der Waals surface area contributed by atoms with Crippen molar-refractivity contribution in [2.45, 2.75) is 13.5 Å². The van der Waals surface area contributed by atoms with Crippen molar-refractivity contribution in [1.29, 1.82) is 0 Å². The molecule has 0 unspecified atom stereocenters. The first-order valence-electron chi connectivity index (χ1n) is 5.30. The van der Waals surface area contributed by atoms with E-state index in [0.29, 0.717) is 16.6 Å². The molecular formula is C12H12ClN3S2. The molecule has 0 radical (unpaired) electrons. The lowest BCUT2D eigenvalue weighted by Crippen LogP contribution is -2.09. The maximum absolute atomic E-state index is 6.15. The molecule has 1 aromatic carbocycles. The van der Waals surface area contributed by atoms with Gasteiger partial charge in [0.15, 0.2) is 0 Å². The highest BCUT2D eigenvalue weighted by molar-refractivity contribution is 7.80. The Kier molecular flexibility index (Phi) is 4.16. The first-order valence-corrected chi connectivity index (χ1v) is 6.97. The Morgan fingerprint density at radius 2 is 2.33 bits per heavy atom. The minimum absolute atomic E-state index is 0.346. The number of nitrogens with two attached hydrogens (primary N) is 1. The molecule has 0 spiro atoms. The Morgan fingerprint density at radius 3 is 2.89 bits per heavy atom. The first kappa shape index (κ1) is 13.3. The van der Waals surface area contributed by atoms with Crippen molar-refractivity contribution in [3.05, 3.63) is 44.9 Å². The topological polar surface area (TPSA) is 50.9 Å². The molecule has 18 heavy (non-hydrogen) atoms. The lowest BCUT2D eigenvalue weighted by Gasteiger charge is -2.08. The Bertz CT molecular complexity index is 580. The van der Waals surface area contributed by atoms with E-state index in [2.05, 4.69) is 10.3 Å². The molecule has 2 aromatic rings. The van der Waals surface area contributed by atoms with Gasteiger partial charge < -0.3 is 11.1 Å². The van der Waals surface area contributed by atoms with Crippen LogP contribution in [-0.4, -0.2) is 9.97 Å². The van der Waals surface area contributed by atoms with E-state index in [0.717, 1.165) is 22.0 Å². The number of aromatic nitrogens is 1. The number of halogens is 1. The van der Waals surface area contributed by atoms with E-state index in [1.807, 2.05) is 24.4 Å². The summed E-state index contributed by atoms with van der Waals surface area (Å²) in [7, 11) is 0. The summed E-state index contributed by atoms with van der Waals surface area (Å²) in [4.78, 5) is 4.72. The van der Waals surface area contributed by atoms with Crippen molar-refractivity contribution in [1.82, 2.24) is 4.98 Å². The molecule has 0 atom stereocenters. The van der Waals surface area contributed by atoms with E-state index < -0.39 is 0 Å². The average molecular weight is 298 g/mol. The number of nitrogens with one attached hydrogen (secondary N) is 1. The van der Waals surface area contributed by atoms with Crippen LogP contribution in [0.3, 0.4) is 0 Å². The number of nitrogens with zero attached hydrogens (tertiary/aromatic N) is 1. The molecule has 0 saturated heterocycles. The molecule has 0 aliphatic heterocycles. The van der Waals surface area contributed by atoms with E-state index >= 15 is 0 Å². The third-order valence-corrected chi connectivity index (χ3v) is 3.87. The SMILES string of the molecule is Cc1csc(CNc2ccc(C(N)=S)cc2Cl)n1. The minimum Gasteiger partial charge on any atom is -0.389 e. The maximum atomic E-state index is 6.15. The van der Waals surface area contributed by atoms with Gasteiger partial charge in [-0.1, -0.05) is 23.8 Å². The molecule has 2 rings (SSSR count). The number of benzene rings is 1. The van der Waals surface area contributed by atoms with Crippen molar-refractivity contribution in [2.24, 2.45) is 5.73 Å². The standard InChI is InChI=1S/C12H12ClN3S2/c1-7-6-18-11(16-7)5-15-10-3-2-8(12(14)17)4-9(10)13/h2-4,6,15H,5H2,1H3,(H2,14,17). The number of thiocarbonyl (C=S) groups is 1. The average Bonchev–Trinajstić information content (AvgIpc) is 2.73. The van der Waals surface area contributed by atoms with E-state index in [1.54, 1.807) is 17.4 Å². The summed E-state index contributed by atoms with van der Waals surface area (Å²) in [6, 6.07) is 5.49. The van der Waals surface area contributed by atoms with Crippen molar-refractivity contribution in [3.8, 4) is 0 Å². The number of hydrogen-bond acceptors (Lipinski definition) is 4. The van der Waals surface area contributed by atoms with Crippen LogP contribution in [-0.2, 0) is 6.54 Å². The molecule has 3 N–H and O–H groups in total. The lowest BCUT2D eigenvalue weighted by molar-refractivity contribution is 1.08. The summed E-state index contributed by atoms with van der Waals surface area (Å²) in [5.74, 6) is 0. The van der Waals surface area contributed by atoms with Crippen molar-refractivity contribution in [2.75, 3.05) is 5.32 Å². The molecule has 0 bridgehead atoms. The highest BCUT2D eigenvalue weighted by atomic mass is 35.5. The summed E-state index contributed by atoms with van der Waals surface area (Å²) < 4.78 is 0. The van der Waals surface area contributed by atoms with Crippen LogP contribution in [0, 0.1) is 6.92 Å². The van der Waals surface area contributed by atoms with E-state index in [4.69, 9.17) is 29.6 Å². The second-order valence-electron chi connectivity index (χ2n) is 3.80. The van der Waals surface area contributed by atoms with E-state index in [9.17, 15) is 0 Å². The molecule has 94 valence electrons. The van der Waals surface area contributed by atoms with Gasteiger partial charge in [-0.05, 0) is 25.1 Å². The summed E-state index contributed by atoms with van der Waals surface area (Å²) in [6.07, 6.45) is 0. The molecule has 0 saturated carbocycles. The molecule has 1 heterocycles. The van der Waals surface area contributed by atoms with Crippen LogP contribution in [0.4, 0.5) is 5.69 Å². The fourth-order valence-corrected chi connectivity index (χ4v) is 2.55. The van der Waals surface area contributed by atoms with Crippen LogP contribution in [0.5, 0.6) is 0 Å². The van der Waals surface area contributed by atoms with Gasteiger partial charge in [-0.15, -0.1) is 11.3 Å². The zero-order valence-corrected chi connectivity index (χ0v) is 12.1. The van der Waals surface area contributed by atoms with Gasteiger partial charge in [-0.25, -0.2) is 4.98 Å². The second-order valence-corrected chi connectivity index (χ2v) is 5.58. The largest absolute Gasteiger partial charge is 0.389 e. The molecular weight excluding hydrogens is 286 g/mol. The molecule has 0 fully saturated rings. The molecule has 0 aliphatic rings. The second kappa shape index (κ2) is 5.65. The van der Waals surface area contributed by atoms with Crippen LogP contribution in [0.1, 0.15) is 16.3 Å². The summed E-state index contributed by atoms with van der Waals surface area (Å²) in [6.45, 7) is 2.63. The fraction of sp³-hybridized carbons (Fsp3) is 0.167. The zero-order chi connectivity index (χ0) is 13.1. The molecule has 1 aromatic heterocycles. The monoisotopic (exact) mass is 297 g/mol. The van der Waals surface area contributed by atoms with Crippen LogP contribution >= 0.6 is 35.2 Å². The zero-order valence-electron chi connectivity index (χ0n) is 9.74. The maximum Gasteiger partial charge on any atom is 0.112 e. The predicted octanol–water partition coefficient (Wildman–Crippen LogP) is 3.35.